The normalized spacial score (nSPS) is 21.4. The lowest BCUT2D eigenvalue weighted by atomic mass is 10.0. The third-order valence-electron chi connectivity index (χ3n) is 1.73. The molecule has 0 aromatic carbocycles. The van der Waals surface area contributed by atoms with E-state index in [1.807, 2.05) is 0 Å². The van der Waals surface area contributed by atoms with Gasteiger partial charge in [0.1, 0.15) is 24.4 Å². The molecule has 8 heteroatoms. The van der Waals surface area contributed by atoms with E-state index in [-0.39, 0.29) is 0 Å². The van der Waals surface area contributed by atoms with E-state index in [2.05, 4.69) is 0 Å². The smallest absolute Gasteiger partial charge is 0.196 e. The van der Waals surface area contributed by atoms with Gasteiger partial charge in [-0.25, -0.2) is 0 Å². The van der Waals surface area contributed by atoms with Gasteiger partial charge in [-0.15, -0.1) is 0 Å². The van der Waals surface area contributed by atoms with Crippen LogP contribution in [0.15, 0.2) is 0 Å². The fraction of sp³-hybridized carbons (Fsp3) is 1.00. The maximum Gasteiger partial charge on any atom is 0.196 e. The quantitative estimate of drug-likeness (QED) is 0.209. The van der Waals surface area contributed by atoms with E-state index in [1.165, 1.54) is 0 Å². The first-order valence-corrected chi connectivity index (χ1v) is 3.85. The van der Waals surface area contributed by atoms with Crippen LogP contribution in [0.3, 0.4) is 0 Å². The number of aliphatic hydroxyl groups is 6. The van der Waals surface area contributed by atoms with E-state index >= 15 is 0 Å². The van der Waals surface area contributed by atoms with Crippen molar-refractivity contribution in [3.8, 4) is 0 Å². The minimum Gasteiger partial charge on any atom is -0.394 e. The van der Waals surface area contributed by atoms with Crippen LogP contribution in [0.4, 0.5) is 0 Å². The first-order chi connectivity index (χ1) is 6.21. The third kappa shape index (κ3) is 3.44. The number of rotatable bonds is 5. The van der Waals surface area contributed by atoms with Crippen molar-refractivity contribution < 1.29 is 30.6 Å². The van der Waals surface area contributed by atoms with Crippen molar-refractivity contribution in [2.75, 3.05) is 6.61 Å². The highest BCUT2D eigenvalue weighted by molar-refractivity contribution is 4.87. The third-order valence-corrected chi connectivity index (χ3v) is 1.73. The molecule has 0 heterocycles. The van der Waals surface area contributed by atoms with Crippen molar-refractivity contribution in [1.82, 2.24) is 0 Å². The topological polar surface area (TPSA) is 173 Å². The van der Waals surface area contributed by atoms with Crippen molar-refractivity contribution in [1.29, 1.82) is 0 Å². The predicted molar refractivity (Wildman–Crippen MR) is 44.4 cm³/mol. The minimum atomic E-state index is -2.60. The summed E-state index contributed by atoms with van der Waals surface area (Å²) < 4.78 is 0. The molecule has 86 valence electrons. The maximum atomic E-state index is 9.13. The van der Waals surface area contributed by atoms with Crippen molar-refractivity contribution in [2.24, 2.45) is 11.5 Å². The molecule has 0 spiro atoms. The molecule has 10 N–H and O–H groups in total. The first-order valence-electron chi connectivity index (χ1n) is 3.85. The van der Waals surface area contributed by atoms with E-state index in [9.17, 15) is 0 Å². The van der Waals surface area contributed by atoms with Crippen LogP contribution in [0.1, 0.15) is 0 Å². The second-order valence-electron chi connectivity index (χ2n) is 3.06. The molecule has 0 aliphatic heterocycles. The van der Waals surface area contributed by atoms with Gasteiger partial charge in [0.2, 0.25) is 0 Å². The molecule has 0 saturated heterocycles. The van der Waals surface area contributed by atoms with Crippen molar-refractivity contribution in [2.45, 2.75) is 30.3 Å². The minimum absolute atomic E-state index is 0.821. The molecule has 4 atom stereocenters. The summed E-state index contributed by atoms with van der Waals surface area (Å²) in [4.78, 5) is 0. The van der Waals surface area contributed by atoms with E-state index in [0.717, 1.165) is 0 Å². The Hall–Kier alpha value is -0.320. The monoisotopic (exact) mass is 212 g/mol. The average molecular weight is 212 g/mol. The molecule has 0 aromatic rings. The summed E-state index contributed by atoms with van der Waals surface area (Å²) in [6.45, 7) is -0.821. The van der Waals surface area contributed by atoms with E-state index < -0.39 is 36.9 Å². The molecule has 0 radical (unpaired) electrons. The molecular weight excluding hydrogens is 196 g/mol. The number of hydrogen-bond donors (Lipinski definition) is 8. The molecule has 0 bridgehead atoms. The van der Waals surface area contributed by atoms with Gasteiger partial charge in [-0.1, -0.05) is 0 Å². The van der Waals surface area contributed by atoms with Crippen LogP contribution in [0.5, 0.6) is 0 Å². The zero-order chi connectivity index (χ0) is 11.5. The summed E-state index contributed by atoms with van der Waals surface area (Å²) in [5.41, 5.74) is 9.65. The van der Waals surface area contributed by atoms with Gasteiger partial charge >= 0.3 is 0 Å². The zero-order valence-electron chi connectivity index (χ0n) is 7.35. The standard InChI is InChI=1S/C6H16N2O6/c7-6(8,14)5(13)4(12)3(11)2(10)1-9/h2-5,9-14H,1,7-8H2/t2-,3-,4+,5-/m1/s1. The van der Waals surface area contributed by atoms with Crippen LogP contribution in [0.25, 0.3) is 0 Å². The van der Waals surface area contributed by atoms with Crippen LogP contribution in [-0.2, 0) is 0 Å². The highest BCUT2D eigenvalue weighted by atomic mass is 16.4. The second-order valence-corrected chi connectivity index (χ2v) is 3.06. The first kappa shape index (κ1) is 13.7. The van der Waals surface area contributed by atoms with Gasteiger partial charge in [-0.05, 0) is 0 Å². The summed E-state index contributed by atoms with van der Waals surface area (Å²) in [7, 11) is 0. The Balaban J connectivity index is 4.38. The fourth-order valence-corrected chi connectivity index (χ4v) is 0.796. The number of aliphatic hydroxyl groups excluding tert-OH is 5. The molecule has 8 nitrogen and oxygen atoms in total. The Morgan fingerprint density at radius 3 is 1.71 bits per heavy atom. The molecule has 0 fully saturated rings. The highest BCUT2D eigenvalue weighted by Gasteiger charge is 2.39. The number of hydrogen-bond acceptors (Lipinski definition) is 8. The predicted octanol–water partition coefficient (Wildman–Crippen LogP) is -5.01. The molecule has 0 aromatic heterocycles. The van der Waals surface area contributed by atoms with Crippen molar-refractivity contribution >= 4 is 0 Å². The van der Waals surface area contributed by atoms with Gasteiger partial charge in [0.25, 0.3) is 0 Å². The molecule has 0 saturated carbocycles. The largest absolute Gasteiger partial charge is 0.394 e. The van der Waals surface area contributed by atoms with Crippen LogP contribution < -0.4 is 11.5 Å². The maximum absolute atomic E-state index is 9.13. The lowest BCUT2D eigenvalue weighted by molar-refractivity contribution is -0.169. The SMILES string of the molecule is NC(N)(O)[C@H](O)[C@@H](O)[C@H](O)[C@H](O)CO. The van der Waals surface area contributed by atoms with Gasteiger partial charge in [-0.2, -0.15) is 0 Å². The Morgan fingerprint density at radius 2 is 1.43 bits per heavy atom. The summed E-state index contributed by atoms with van der Waals surface area (Å²) >= 11 is 0. The molecular formula is C6H16N2O6. The summed E-state index contributed by atoms with van der Waals surface area (Å²) in [5, 5.41) is 53.4. The van der Waals surface area contributed by atoms with Gasteiger partial charge in [0.05, 0.1) is 6.61 Å². The van der Waals surface area contributed by atoms with Crippen LogP contribution in [-0.4, -0.2) is 67.5 Å². The fourth-order valence-electron chi connectivity index (χ4n) is 0.796. The highest BCUT2D eigenvalue weighted by Crippen LogP contribution is 2.09. The molecule has 0 aliphatic carbocycles. The van der Waals surface area contributed by atoms with Crippen LogP contribution >= 0.6 is 0 Å². The van der Waals surface area contributed by atoms with Gasteiger partial charge in [-0.3, -0.25) is 11.5 Å². The Labute approximate surface area is 80.0 Å². The zero-order valence-corrected chi connectivity index (χ0v) is 7.35. The second kappa shape index (κ2) is 4.96. The van der Waals surface area contributed by atoms with Crippen LogP contribution in [0, 0.1) is 0 Å². The Bertz CT molecular complexity index is 172. The summed E-state index contributed by atoms with van der Waals surface area (Å²) in [5.74, 6) is -2.60. The van der Waals surface area contributed by atoms with Crippen LogP contribution in [0.2, 0.25) is 0 Å². The molecule has 0 aliphatic rings. The average Bonchev–Trinajstić information content (AvgIpc) is 2.11. The van der Waals surface area contributed by atoms with E-state index in [1.54, 1.807) is 0 Å². The van der Waals surface area contributed by atoms with Crippen molar-refractivity contribution in [3.63, 3.8) is 0 Å². The van der Waals surface area contributed by atoms with Gasteiger partial charge < -0.3 is 30.6 Å². The van der Waals surface area contributed by atoms with Crippen molar-refractivity contribution in [3.05, 3.63) is 0 Å². The molecule has 0 unspecified atom stereocenters. The van der Waals surface area contributed by atoms with Gasteiger partial charge in [0, 0.05) is 0 Å². The number of nitrogens with two attached hydrogens (primary N) is 2. The summed E-state index contributed by atoms with van der Waals surface area (Å²) in [6.07, 6.45) is -7.56. The van der Waals surface area contributed by atoms with E-state index in [0.29, 0.717) is 0 Å². The van der Waals surface area contributed by atoms with E-state index in [4.69, 9.17) is 42.1 Å². The van der Waals surface area contributed by atoms with Gasteiger partial charge in [0.15, 0.2) is 5.85 Å². The molecule has 0 amide bonds. The lowest BCUT2D eigenvalue weighted by Gasteiger charge is -2.31. The molecule has 14 heavy (non-hydrogen) atoms. The Morgan fingerprint density at radius 1 is 1.00 bits per heavy atom. The molecule has 0 rings (SSSR count). The Kier molecular flexibility index (Phi) is 4.84. The summed E-state index contributed by atoms with van der Waals surface area (Å²) in [6, 6.07) is 0. The lowest BCUT2D eigenvalue weighted by Crippen LogP contribution is -2.65.